The molecular formula is C28H45N3O4. The van der Waals surface area contributed by atoms with Gasteiger partial charge in [0.05, 0.1) is 0 Å². The van der Waals surface area contributed by atoms with Gasteiger partial charge in [-0.1, -0.05) is 51.0 Å². The molecule has 0 radical (unpaired) electrons. The van der Waals surface area contributed by atoms with Crippen molar-refractivity contribution in [2.24, 2.45) is 5.92 Å². The molecule has 0 heterocycles. The first kappa shape index (κ1) is 28.7. The molecule has 2 atom stereocenters. The average Bonchev–Trinajstić information content (AvgIpc) is 2.69. The van der Waals surface area contributed by atoms with Gasteiger partial charge in [0.25, 0.3) is 0 Å². The lowest BCUT2D eigenvalue weighted by Crippen LogP contribution is -2.59. The molecule has 0 spiro atoms. The number of rotatable bonds is 10. The van der Waals surface area contributed by atoms with Gasteiger partial charge in [-0.25, -0.2) is 4.79 Å². The summed E-state index contributed by atoms with van der Waals surface area (Å²) < 4.78 is 5.44. The summed E-state index contributed by atoms with van der Waals surface area (Å²) >= 11 is 0. The van der Waals surface area contributed by atoms with E-state index in [-0.39, 0.29) is 23.8 Å². The summed E-state index contributed by atoms with van der Waals surface area (Å²) in [6.07, 6.45) is 3.90. The van der Waals surface area contributed by atoms with Crippen molar-refractivity contribution < 1.29 is 19.1 Å². The molecule has 0 aliphatic heterocycles. The van der Waals surface area contributed by atoms with Gasteiger partial charge >= 0.3 is 6.09 Å². The fourth-order valence-electron chi connectivity index (χ4n) is 4.33. The molecule has 3 amide bonds. The fourth-order valence-corrected chi connectivity index (χ4v) is 4.33. The Balaban J connectivity index is 2.48. The molecule has 2 rings (SSSR count). The normalized spacial score (nSPS) is 15.7. The van der Waals surface area contributed by atoms with Crippen LogP contribution in [0.2, 0.25) is 0 Å². The predicted molar refractivity (Wildman–Crippen MR) is 139 cm³/mol. The van der Waals surface area contributed by atoms with Crippen LogP contribution in [0.3, 0.4) is 0 Å². The van der Waals surface area contributed by atoms with E-state index >= 15 is 0 Å². The van der Waals surface area contributed by atoms with E-state index < -0.39 is 23.8 Å². The maximum Gasteiger partial charge on any atom is 0.408 e. The summed E-state index contributed by atoms with van der Waals surface area (Å²) in [4.78, 5) is 42.1. The third-order valence-electron chi connectivity index (χ3n) is 6.40. The minimum Gasteiger partial charge on any atom is -0.444 e. The van der Waals surface area contributed by atoms with Crippen LogP contribution in [0.15, 0.2) is 18.2 Å². The highest BCUT2D eigenvalue weighted by atomic mass is 16.6. The molecule has 2 unspecified atom stereocenters. The van der Waals surface area contributed by atoms with Crippen molar-refractivity contribution in [2.75, 3.05) is 6.54 Å². The smallest absolute Gasteiger partial charge is 0.408 e. The molecule has 1 aromatic carbocycles. The maximum atomic E-state index is 14.1. The van der Waals surface area contributed by atoms with E-state index in [1.54, 1.807) is 25.7 Å². The Bertz CT molecular complexity index is 887. The van der Waals surface area contributed by atoms with Gasteiger partial charge in [-0.15, -0.1) is 0 Å². The van der Waals surface area contributed by atoms with Crippen molar-refractivity contribution in [1.29, 1.82) is 0 Å². The number of alkyl carbamates (subject to hydrolysis) is 1. The lowest BCUT2D eigenvalue weighted by atomic mass is 9.86. The lowest BCUT2D eigenvalue weighted by Gasteiger charge is -2.44. The minimum atomic E-state index is -0.804. The van der Waals surface area contributed by atoms with Crippen LogP contribution in [-0.2, 0) is 14.3 Å². The summed E-state index contributed by atoms with van der Waals surface area (Å²) in [7, 11) is 0. The van der Waals surface area contributed by atoms with Crippen LogP contribution in [0.1, 0.15) is 96.4 Å². The number of ether oxygens (including phenoxy) is 1. The topological polar surface area (TPSA) is 87.7 Å². The number of benzene rings is 1. The summed E-state index contributed by atoms with van der Waals surface area (Å²) in [5.74, 6) is -0.600. The predicted octanol–water partition coefficient (Wildman–Crippen LogP) is 5.19. The molecule has 7 nitrogen and oxygen atoms in total. The van der Waals surface area contributed by atoms with Crippen molar-refractivity contribution in [3.8, 4) is 0 Å². The number of carbonyl (C=O) groups is 3. The van der Waals surface area contributed by atoms with E-state index in [0.717, 1.165) is 48.8 Å². The summed E-state index contributed by atoms with van der Waals surface area (Å²) in [5.41, 5.74) is 2.22. The molecule has 0 aromatic heterocycles. The van der Waals surface area contributed by atoms with Crippen LogP contribution in [0.5, 0.6) is 0 Å². The molecule has 196 valence electrons. The van der Waals surface area contributed by atoms with Crippen LogP contribution >= 0.6 is 0 Å². The molecule has 7 heteroatoms. The van der Waals surface area contributed by atoms with Gasteiger partial charge in [0, 0.05) is 12.6 Å². The van der Waals surface area contributed by atoms with Crippen LogP contribution < -0.4 is 10.6 Å². The Morgan fingerprint density at radius 1 is 1.14 bits per heavy atom. The van der Waals surface area contributed by atoms with E-state index in [4.69, 9.17) is 4.74 Å². The molecule has 0 saturated heterocycles. The molecule has 35 heavy (non-hydrogen) atoms. The van der Waals surface area contributed by atoms with Gasteiger partial charge < -0.3 is 20.3 Å². The molecule has 0 bridgehead atoms. The highest BCUT2D eigenvalue weighted by Crippen LogP contribution is 2.35. The number of hydrogen-bond acceptors (Lipinski definition) is 4. The zero-order valence-corrected chi connectivity index (χ0v) is 22.9. The van der Waals surface area contributed by atoms with E-state index in [2.05, 4.69) is 17.6 Å². The van der Waals surface area contributed by atoms with Crippen LogP contribution in [0.25, 0.3) is 0 Å². The highest BCUT2D eigenvalue weighted by Gasteiger charge is 2.43. The van der Waals surface area contributed by atoms with Crippen molar-refractivity contribution in [3.63, 3.8) is 0 Å². The molecule has 1 aliphatic carbocycles. The second kappa shape index (κ2) is 12.4. The number of hydrogen-bond donors (Lipinski definition) is 2. The van der Waals surface area contributed by atoms with E-state index in [1.165, 1.54) is 0 Å². The van der Waals surface area contributed by atoms with Gasteiger partial charge in [0.1, 0.15) is 17.7 Å². The van der Waals surface area contributed by atoms with E-state index in [1.807, 2.05) is 45.9 Å². The summed E-state index contributed by atoms with van der Waals surface area (Å²) in [6.45, 7) is 15.8. The average molecular weight is 488 g/mol. The number of nitrogens with zero attached hydrogens (tertiary/aromatic N) is 1. The van der Waals surface area contributed by atoms with E-state index in [0.29, 0.717) is 6.54 Å². The Morgan fingerprint density at radius 3 is 2.29 bits per heavy atom. The zero-order chi connectivity index (χ0) is 26.3. The Hall–Kier alpha value is -2.57. The lowest BCUT2D eigenvalue weighted by molar-refractivity contribution is -0.148. The first-order valence-corrected chi connectivity index (χ1v) is 13.0. The summed E-state index contributed by atoms with van der Waals surface area (Å²) in [5, 5.41) is 5.85. The molecule has 1 saturated carbocycles. The number of carbonyl (C=O) groups excluding carboxylic acids is 3. The van der Waals surface area contributed by atoms with Crippen molar-refractivity contribution in [1.82, 2.24) is 15.5 Å². The van der Waals surface area contributed by atoms with Gasteiger partial charge in [-0.3, -0.25) is 9.59 Å². The third kappa shape index (κ3) is 7.97. The van der Waals surface area contributed by atoms with Crippen LogP contribution in [0.4, 0.5) is 4.79 Å². The fraction of sp³-hybridized carbons (Fsp3) is 0.679. The molecule has 1 aliphatic rings. The van der Waals surface area contributed by atoms with E-state index in [9.17, 15) is 14.4 Å². The zero-order valence-electron chi connectivity index (χ0n) is 22.9. The molecular weight excluding hydrogens is 442 g/mol. The van der Waals surface area contributed by atoms with Gasteiger partial charge in [-0.05, 0) is 77.3 Å². The quantitative estimate of drug-likeness (QED) is 0.445. The molecule has 1 fully saturated rings. The highest BCUT2D eigenvalue weighted by molar-refractivity contribution is 5.92. The Morgan fingerprint density at radius 2 is 1.80 bits per heavy atom. The monoisotopic (exact) mass is 487 g/mol. The summed E-state index contributed by atoms with van der Waals surface area (Å²) in [6, 6.07) is 4.38. The third-order valence-corrected chi connectivity index (χ3v) is 6.40. The maximum absolute atomic E-state index is 14.1. The standard InChI is InChI=1S/C28H45N3O4/c1-9-10-16-29-25(32)24(22-15-14-19(4)17-20(22)5)31(21-12-11-13-21)26(33)23(18(2)3)30-27(34)35-28(6,7)8/h14-15,17-18,21,23-24H,9-13,16H2,1-8H3,(H,29,32)(H,30,34). The van der Waals surface area contributed by atoms with Gasteiger partial charge in [0.2, 0.25) is 11.8 Å². The number of aryl methyl sites for hydroxylation is 2. The van der Waals surface area contributed by atoms with Crippen LogP contribution in [-0.4, -0.2) is 47.0 Å². The van der Waals surface area contributed by atoms with Crippen molar-refractivity contribution >= 4 is 17.9 Å². The van der Waals surface area contributed by atoms with Crippen molar-refractivity contribution in [2.45, 2.75) is 111 Å². The second-order valence-corrected chi connectivity index (χ2v) is 11.1. The number of amides is 3. The molecule has 2 N–H and O–H groups in total. The largest absolute Gasteiger partial charge is 0.444 e. The minimum absolute atomic E-state index is 0.0492. The Labute approximate surface area is 211 Å². The Kier molecular flexibility index (Phi) is 10.2. The second-order valence-electron chi connectivity index (χ2n) is 11.1. The van der Waals surface area contributed by atoms with Crippen molar-refractivity contribution in [3.05, 3.63) is 34.9 Å². The van der Waals surface area contributed by atoms with Gasteiger partial charge in [0.15, 0.2) is 0 Å². The number of unbranched alkanes of at least 4 members (excludes halogenated alkanes) is 1. The van der Waals surface area contributed by atoms with Gasteiger partial charge in [-0.2, -0.15) is 0 Å². The van der Waals surface area contributed by atoms with Crippen LogP contribution in [0, 0.1) is 19.8 Å². The molecule has 1 aromatic rings. The first-order valence-electron chi connectivity index (χ1n) is 13.0. The first-order chi connectivity index (χ1) is 16.4. The number of nitrogens with one attached hydrogen (secondary N) is 2. The SMILES string of the molecule is CCCCNC(=O)C(c1ccc(C)cc1C)N(C(=O)C(NC(=O)OC(C)(C)C)C(C)C)C1CCC1.